The third-order valence-corrected chi connectivity index (χ3v) is 4.84. The molecule has 3 aliphatic rings. The Morgan fingerprint density at radius 2 is 1.17 bits per heavy atom. The zero-order valence-corrected chi connectivity index (χ0v) is 12.3. The second-order valence-corrected chi connectivity index (χ2v) is 6.01. The first-order chi connectivity index (χ1) is 11.3. The molecule has 5 nitrogen and oxygen atoms in total. The molecule has 3 aliphatic heterocycles. The van der Waals surface area contributed by atoms with E-state index < -0.39 is 12.5 Å². The van der Waals surface area contributed by atoms with E-state index in [4.69, 9.17) is 4.74 Å². The first kappa shape index (κ1) is 12.8. The van der Waals surface area contributed by atoms with E-state index in [0.29, 0.717) is 24.2 Å². The normalized spacial score (nSPS) is 24.9. The molecule has 0 aliphatic carbocycles. The Labute approximate surface area is 133 Å². The van der Waals surface area contributed by atoms with Crippen LogP contribution in [-0.4, -0.2) is 34.7 Å². The number of ether oxygens (including phenoxy) is 1. The van der Waals surface area contributed by atoms with Crippen molar-refractivity contribution in [3.8, 4) is 0 Å². The summed E-state index contributed by atoms with van der Waals surface area (Å²) in [6, 6.07) is 15.1. The van der Waals surface area contributed by atoms with Gasteiger partial charge in [0.25, 0.3) is 11.8 Å². The van der Waals surface area contributed by atoms with Crippen LogP contribution in [0.3, 0.4) is 0 Å². The highest BCUT2D eigenvalue weighted by molar-refractivity contribution is 6.00. The molecule has 3 heterocycles. The summed E-state index contributed by atoms with van der Waals surface area (Å²) in [6.45, 7) is 0.961. The zero-order chi connectivity index (χ0) is 15.6. The van der Waals surface area contributed by atoms with Gasteiger partial charge in [0, 0.05) is 35.3 Å². The number of nitrogens with zero attached hydrogens (tertiary/aromatic N) is 2. The van der Waals surface area contributed by atoms with Crippen LogP contribution in [0.5, 0.6) is 0 Å². The molecule has 0 saturated carbocycles. The fourth-order valence-corrected chi connectivity index (χ4v) is 3.74. The van der Waals surface area contributed by atoms with E-state index in [2.05, 4.69) is 0 Å². The van der Waals surface area contributed by atoms with E-state index in [1.165, 1.54) is 0 Å². The van der Waals surface area contributed by atoms with E-state index in [1.54, 1.807) is 9.80 Å². The van der Waals surface area contributed by atoms with E-state index in [9.17, 15) is 9.59 Å². The largest absolute Gasteiger partial charge is 0.326 e. The Kier molecular flexibility index (Phi) is 2.47. The third kappa shape index (κ3) is 1.60. The topological polar surface area (TPSA) is 49.9 Å². The molecule has 2 atom stereocenters. The predicted molar refractivity (Wildman–Crippen MR) is 81.5 cm³/mol. The number of amides is 2. The van der Waals surface area contributed by atoms with Crippen LogP contribution in [0.25, 0.3) is 0 Å². The van der Waals surface area contributed by atoms with E-state index >= 15 is 0 Å². The van der Waals surface area contributed by atoms with Crippen LogP contribution in [0.4, 0.5) is 0 Å². The van der Waals surface area contributed by atoms with Gasteiger partial charge in [-0.15, -0.1) is 0 Å². The maximum absolute atomic E-state index is 12.6. The van der Waals surface area contributed by atoms with Crippen molar-refractivity contribution in [1.29, 1.82) is 0 Å². The van der Waals surface area contributed by atoms with Gasteiger partial charge < -0.3 is 14.5 Å². The lowest BCUT2D eigenvalue weighted by Gasteiger charge is -2.25. The molecule has 0 spiro atoms. The monoisotopic (exact) mass is 306 g/mol. The summed E-state index contributed by atoms with van der Waals surface area (Å²) in [4.78, 5) is 28.6. The second-order valence-electron chi connectivity index (χ2n) is 6.01. The van der Waals surface area contributed by atoms with E-state index in [1.807, 2.05) is 48.5 Å². The number of rotatable bonds is 0. The molecular weight excluding hydrogens is 292 g/mol. The van der Waals surface area contributed by atoms with Gasteiger partial charge in [-0.25, -0.2) is 0 Å². The average Bonchev–Trinajstić information content (AvgIpc) is 2.91. The van der Waals surface area contributed by atoms with Crippen molar-refractivity contribution in [3.05, 3.63) is 70.8 Å². The SMILES string of the molecule is O=C1c2ccccc2[C@H]2O[C@H]3c4ccccc4C(=O)N3CCN12. The summed E-state index contributed by atoms with van der Waals surface area (Å²) in [5, 5.41) is 0. The fraction of sp³-hybridized carbons (Fsp3) is 0.222. The summed E-state index contributed by atoms with van der Waals surface area (Å²) >= 11 is 0. The first-order valence-electron chi connectivity index (χ1n) is 7.71. The minimum Gasteiger partial charge on any atom is -0.326 e. The highest BCUT2D eigenvalue weighted by Gasteiger charge is 2.46. The highest BCUT2D eigenvalue weighted by Crippen LogP contribution is 2.44. The summed E-state index contributed by atoms with van der Waals surface area (Å²) in [6.07, 6.45) is -0.847. The molecule has 114 valence electrons. The minimum atomic E-state index is -0.423. The maximum Gasteiger partial charge on any atom is 0.256 e. The van der Waals surface area contributed by atoms with E-state index in [-0.39, 0.29) is 11.8 Å². The number of fused-ring (bicyclic) bond motifs is 6. The zero-order valence-electron chi connectivity index (χ0n) is 12.3. The van der Waals surface area contributed by atoms with Crippen LogP contribution in [0.2, 0.25) is 0 Å². The number of carbonyl (C=O) groups excluding carboxylic acids is 2. The van der Waals surface area contributed by atoms with Gasteiger partial charge >= 0.3 is 0 Å². The van der Waals surface area contributed by atoms with Crippen LogP contribution in [0, 0.1) is 0 Å². The molecule has 0 aromatic heterocycles. The molecule has 0 radical (unpaired) electrons. The molecule has 2 aromatic carbocycles. The Bertz CT molecular complexity index is 778. The van der Waals surface area contributed by atoms with E-state index in [0.717, 1.165) is 11.1 Å². The second kappa shape index (κ2) is 4.43. The molecule has 1 fully saturated rings. The van der Waals surface area contributed by atoms with Gasteiger partial charge in [0.1, 0.15) is 0 Å². The minimum absolute atomic E-state index is 0.0208. The van der Waals surface area contributed by atoms with Crippen LogP contribution in [0.1, 0.15) is 44.3 Å². The van der Waals surface area contributed by atoms with Gasteiger partial charge in [0.15, 0.2) is 12.5 Å². The van der Waals surface area contributed by atoms with Crippen molar-refractivity contribution in [2.24, 2.45) is 0 Å². The van der Waals surface area contributed by atoms with Crippen molar-refractivity contribution in [2.45, 2.75) is 12.5 Å². The summed E-state index contributed by atoms with van der Waals surface area (Å²) in [5.74, 6) is -0.0417. The van der Waals surface area contributed by atoms with Crippen molar-refractivity contribution >= 4 is 11.8 Å². The fourth-order valence-electron chi connectivity index (χ4n) is 3.74. The van der Waals surface area contributed by atoms with Gasteiger partial charge in [-0.2, -0.15) is 0 Å². The van der Waals surface area contributed by atoms with Crippen LogP contribution < -0.4 is 0 Å². The van der Waals surface area contributed by atoms with Gasteiger partial charge in [-0.1, -0.05) is 36.4 Å². The van der Waals surface area contributed by atoms with Gasteiger partial charge in [0.2, 0.25) is 0 Å². The lowest BCUT2D eigenvalue weighted by molar-refractivity contribution is -0.103. The molecule has 0 unspecified atom stereocenters. The summed E-state index contributed by atoms with van der Waals surface area (Å²) < 4.78 is 6.26. The van der Waals surface area contributed by atoms with Gasteiger partial charge in [-0.05, 0) is 12.1 Å². The number of hydrogen-bond acceptors (Lipinski definition) is 3. The molecule has 2 amide bonds. The van der Waals surface area contributed by atoms with Crippen molar-refractivity contribution in [3.63, 3.8) is 0 Å². The number of carbonyl (C=O) groups is 2. The Morgan fingerprint density at radius 3 is 1.65 bits per heavy atom. The Hall–Kier alpha value is -2.66. The average molecular weight is 306 g/mol. The van der Waals surface area contributed by atoms with Crippen LogP contribution >= 0.6 is 0 Å². The number of hydrogen-bond donors (Lipinski definition) is 0. The van der Waals surface area contributed by atoms with Crippen molar-refractivity contribution < 1.29 is 14.3 Å². The smallest absolute Gasteiger partial charge is 0.256 e. The standard InChI is InChI=1S/C18H14N2O3/c21-15-11-5-1-3-7-13(11)17-19(15)9-10-20-16(22)12-6-2-4-8-14(12)18(20)23-17/h1-8,17-18H,9-10H2/t17-,18+. The lowest BCUT2D eigenvalue weighted by atomic mass is 10.1. The molecular formula is C18H14N2O3. The van der Waals surface area contributed by atoms with Gasteiger partial charge in [0.05, 0.1) is 0 Å². The van der Waals surface area contributed by atoms with Crippen LogP contribution in [-0.2, 0) is 4.74 Å². The quantitative estimate of drug-likeness (QED) is 0.750. The third-order valence-electron chi connectivity index (χ3n) is 4.84. The summed E-state index contributed by atoms with van der Waals surface area (Å²) in [5.41, 5.74) is 3.17. The molecule has 0 bridgehead atoms. The van der Waals surface area contributed by atoms with Crippen LogP contribution in [0.15, 0.2) is 48.5 Å². The Balaban J connectivity index is 1.61. The predicted octanol–water partition coefficient (Wildman–Crippen LogP) is 2.33. The Morgan fingerprint density at radius 1 is 0.739 bits per heavy atom. The number of benzene rings is 2. The maximum atomic E-state index is 12.6. The molecule has 2 aromatic rings. The lowest BCUT2D eigenvalue weighted by Crippen LogP contribution is -2.34. The molecule has 0 N–H and O–H groups in total. The molecule has 5 rings (SSSR count). The summed E-state index contributed by atoms with van der Waals surface area (Å²) in [7, 11) is 0. The molecule has 1 saturated heterocycles. The molecule has 5 heteroatoms. The molecule has 23 heavy (non-hydrogen) atoms. The first-order valence-corrected chi connectivity index (χ1v) is 7.71. The van der Waals surface area contributed by atoms with Crippen molar-refractivity contribution in [1.82, 2.24) is 9.80 Å². The van der Waals surface area contributed by atoms with Crippen molar-refractivity contribution in [2.75, 3.05) is 13.1 Å². The highest BCUT2D eigenvalue weighted by atomic mass is 16.5. The van der Waals surface area contributed by atoms with Gasteiger partial charge in [-0.3, -0.25) is 9.59 Å².